The van der Waals surface area contributed by atoms with Crippen molar-refractivity contribution in [2.75, 3.05) is 0 Å². The molecule has 0 aliphatic heterocycles. The number of nitrogens with zero attached hydrogens (tertiary/aromatic N) is 2. The zero-order valence-corrected chi connectivity index (χ0v) is 6.88. The summed E-state index contributed by atoms with van der Waals surface area (Å²) in [5.74, 6) is 0. The van der Waals surface area contributed by atoms with Crippen molar-refractivity contribution < 1.29 is 5.11 Å². The second-order valence-electron chi connectivity index (χ2n) is 2.67. The molecule has 1 unspecified atom stereocenters. The highest BCUT2D eigenvalue weighted by Crippen LogP contribution is 2.16. The van der Waals surface area contributed by atoms with Crippen LogP contribution < -0.4 is 0 Å². The van der Waals surface area contributed by atoms with Crippen LogP contribution >= 0.6 is 0 Å². The Morgan fingerprint density at radius 2 is 2.15 bits per heavy atom. The van der Waals surface area contributed by atoms with Crippen molar-refractivity contribution in [3.05, 3.63) is 48.0 Å². The average Bonchev–Trinajstić information content (AvgIpc) is 2.71. The number of H-pyrrole nitrogens is 1. The molecule has 0 radical (unpaired) electrons. The minimum atomic E-state index is -0.719. The van der Waals surface area contributed by atoms with E-state index in [0.29, 0.717) is 11.4 Å². The molecule has 0 amide bonds. The van der Waals surface area contributed by atoms with E-state index in [1.54, 1.807) is 24.5 Å². The van der Waals surface area contributed by atoms with Gasteiger partial charge in [0.05, 0.1) is 11.4 Å². The van der Waals surface area contributed by atoms with Gasteiger partial charge in [-0.05, 0) is 18.2 Å². The summed E-state index contributed by atoms with van der Waals surface area (Å²) in [5, 5.41) is 16.2. The van der Waals surface area contributed by atoms with E-state index >= 15 is 0 Å². The van der Waals surface area contributed by atoms with E-state index in [1.165, 1.54) is 0 Å². The van der Waals surface area contributed by atoms with Gasteiger partial charge < -0.3 is 5.11 Å². The summed E-state index contributed by atoms with van der Waals surface area (Å²) < 4.78 is 0. The summed E-state index contributed by atoms with van der Waals surface area (Å²) in [4.78, 5) is 4.04. The molecular weight excluding hydrogens is 166 g/mol. The van der Waals surface area contributed by atoms with E-state index in [-0.39, 0.29) is 0 Å². The van der Waals surface area contributed by atoms with Gasteiger partial charge in [-0.25, -0.2) is 0 Å². The third-order valence-electron chi connectivity index (χ3n) is 1.78. The zero-order valence-electron chi connectivity index (χ0n) is 6.88. The van der Waals surface area contributed by atoms with Crippen LogP contribution in [0.25, 0.3) is 0 Å². The molecule has 4 heteroatoms. The van der Waals surface area contributed by atoms with Gasteiger partial charge in [0.2, 0.25) is 0 Å². The monoisotopic (exact) mass is 175 g/mol. The van der Waals surface area contributed by atoms with Crippen molar-refractivity contribution in [2.45, 2.75) is 6.10 Å². The molecule has 0 aromatic carbocycles. The van der Waals surface area contributed by atoms with Gasteiger partial charge in [0, 0.05) is 12.4 Å². The Morgan fingerprint density at radius 1 is 1.23 bits per heavy atom. The minimum absolute atomic E-state index is 0.617. The molecule has 2 N–H and O–H groups in total. The van der Waals surface area contributed by atoms with Crippen molar-refractivity contribution in [3.8, 4) is 0 Å². The summed E-state index contributed by atoms with van der Waals surface area (Å²) >= 11 is 0. The van der Waals surface area contributed by atoms with Crippen molar-refractivity contribution in [2.24, 2.45) is 0 Å². The molecule has 13 heavy (non-hydrogen) atoms. The van der Waals surface area contributed by atoms with E-state index < -0.39 is 6.10 Å². The molecule has 4 nitrogen and oxygen atoms in total. The number of aliphatic hydroxyl groups is 1. The smallest absolute Gasteiger partial charge is 0.137 e. The molecule has 2 rings (SSSR count). The fourth-order valence-electron chi connectivity index (χ4n) is 1.12. The fraction of sp³-hybridized carbons (Fsp3) is 0.111. The first-order valence-corrected chi connectivity index (χ1v) is 3.96. The maximum atomic E-state index is 9.75. The maximum Gasteiger partial charge on any atom is 0.137 e. The van der Waals surface area contributed by atoms with Crippen molar-refractivity contribution in [1.29, 1.82) is 0 Å². The summed E-state index contributed by atoms with van der Waals surface area (Å²) in [7, 11) is 0. The average molecular weight is 175 g/mol. The number of aromatic nitrogens is 3. The lowest BCUT2D eigenvalue weighted by atomic mass is 10.2. The van der Waals surface area contributed by atoms with Gasteiger partial charge in [-0.15, -0.1) is 0 Å². The first-order valence-electron chi connectivity index (χ1n) is 3.96. The van der Waals surface area contributed by atoms with E-state index in [2.05, 4.69) is 15.2 Å². The summed E-state index contributed by atoms with van der Waals surface area (Å²) in [5.41, 5.74) is 1.27. The Morgan fingerprint density at radius 3 is 2.77 bits per heavy atom. The lowest BCUT2D eigenvalue weighted by Crippen LogP contribution is -2.01. The summed E-state index contributed by atoms with van der Waals surface area (Å²) in [6.07, 6.45) is 2.53. The molecule has 2 heterocycles. The number of rotatable bonds is 2. The number of hydrogen-bond acceptors (Lipinski definition) is 3. The fourth-order valence-corrected chi connectivity index (χ4v) is 1.12. The van der Waals surface area contributed by atoms with Crippen LogP contribution in [-0.2, 0) is 0 Å². The Labute approximate surface area is 75.3 Å². The van der Waals surface area contributed by atoms with Crippen molar-refractivity contribution in [3.63, 3.8) is 0 Å². The van der Waals surface area contributed by atoms with Gasteiger partial charge in [-0.2, -0.15) is 5.10 Å². The lowest BCUT2D eigenvalue weighted by Gasteiger charge is -2.06. The highest BCUT2D eigenvalue weighted by Gasteiger charge is 2.11. The second kappa shape index (κ2) is 3.37. The van der Waals surface area contributed by atoms with Gasteiger partial charge in [0.15, 0.2) is 0 Å². The van der Waals surface area contributed by atoms with Crippen LogP contribution in [0.2, 0.25) is 0 Å². The zero-order chi connectivity index (χ0) is 9.10. The molecule has 0 aliphatic rings. The van der Waals surface area contributed by atoms with Gasteiger partial charge in [-0.3, -0.25) is 10.1 Å². The highest BCUT2D eigenvalue weighted by atomic mass is 16.3. The standard InChI is InChI=1S/C9H9N3O/c13-9(8-4-6-11-12-8)7-3-1-2-5-10-7/h1-6,9,13H,(H,11,12). The molecular formula is C9H9N3O. The quantitative estimate of drug-likeness (QED) is 0.712. The molecule has 0 fully saturated rings. The van der Waals surface area contributed by atoms with Gasteiger partial charge in [0.1, 0.15) is 6.10 Å². The predicted octanol–water partition coefficient (Wildman–Crippen LogP) is 0.886. The molecule has 2 aromatic heterocycles. The molecule has 0 aliphatic carbocycles. The number of aliphatic hydroxyl groups excluding tert-OH is 1. The number of hydrogen-bond donors (Lipinski definition) is 2. The molecule has 0 saturated carbocycles. The molecule has 0 bridgehead atoms. The minimum Gasteiger partial charge on any atom is -0.380 e. The summed E-state index contributed by atoms with van der Waals surface area (Å²) in [6.45, 7) is 0. The van der Waals surface area contributed by atoms with Crippen LogP contribution in [-0.4, -0.2) is 20.3 Å². The normalized spacial score (nSPS) is 12.7. The third kappa shape index (κ3) is 1.57. The van der Waals surface area contributed by atoms with E-state index in [0.717, 1.165) is 0 Å². The van der Waals surface area contributed by atoms with Crippen LogP contribution in [0.1, 0.15) is 17.5 Å². The van der Waals surface area contributed by atoms with Gasteiger partial charge >= 0.3 is 0 Å². The molecule has 0 spiro atoms. The van der Waals surface area contributed by atoms with Crippen LogP contribution in [0.4, 0.5) is 0 Å². The SMILES string of the molecule is OC(c1ccccn1)c1ccn[nH]1. The van der Waals surface area contributed by atoms with Crippen LogP contribution in [0.15, 0.2) is 36.7 Å². The Kier molecular flexibility index (Phi) is 2.06. The van der Waals surface area contributed by atoms with E-state index in [1.807, 2.05) is 12.1 Å². The molecule has 0 saturated heterocycles. The topological polar surface area (TPSA) is 61.8 Å². The van der Waals surface area contributed by atoms with Crippen LogP contribution in [0, 0.1) is 0 Å². The van der Waals surface area contributed by atoms with E-state index in [4.69, 9.17) is 0 Å². The second-order valence-corrected chi connectivity index (χ2v) is 2.67. The number of pyridine rings is 1. The third-order valence-corrected chi connectivity index (χ3v) is 1.78. The van der Waals surface area contributed by atoms with Crippen molar-refractivity contribution in [1.82, 2.24) is 15.2 Å². The van der Waals surface area contributed by atoms with Gasteiger partial charge in [0.25, 0.3) is 0 Å². The molecule has 1 atom stereocenters. The first kappa shape index (κ1) is 7.94. The van der Waals surface area contributed by atoms with Crippen LogP contribution in [0.3, 0.4) is 0 Å². The molecule has 2 aromatic rings. The largest absolute Gasteiger partial charge is 0.380 e. The van der Waals surface area contributed by atoms with Gasteiger partial charge in [-0.1, -0.05) is 6.07 Å². The maximum absolute atomic E-state index is 9.75. The number of aromatic amines is 1. The lowest BCUT2D eigenvalue weighted by molar-refractivity contribution is 0.210. The summed E-state index contributed by atoms with van der Waals surface area (Å²) in [6, 6.07) is 7.13. The van der Waals surface area contributed by atoms with Crippen molar-refractivity contribution >= 4 is 0 Å². The van der Waals surface area contributed by atoms with E-state index in [9.17, 15) is 5.11 Å². The molecule has 66 valence electrons. The Balaban J connectivity index is 2.29. The predicted molar refractivity (Wildman–Crippen MR) is 46.9 cm³/mol. The Hall–Kier alpha value is -1.68. The Bertz CT molecular complexity index is 358. The van der Waals surface area contributed by atoms with Crippen LogP contribution in [0.5, 0.6) is 0 Å². The highest BCUT2D eigenvalue weighted by molar-refractivity contribution is 5.17. The number of nitrogens with one attached hydrogen (secondary N) is 1. The first-order chi connectivity index (χ1) is 6.38.